The fraction of sp³-hybridized carbons (Fsp3) is 0.750. The molecule has 2 amide bonds. The van der Waals surface area contributed by atoms with Crippen LogP contribution in [0.5, 0.6) is 0 Å². The standard InChI is InChI=1S/C16H27N3O2/c1-2-4-15(20)19-10-3-5-14(12-19)16(21)18-11-13-6-8-17-9-7-13/h6,14,17H,2-5,7-12H2,1H3,(H,18,21). The second-order valence-electron chi connectivity index (χ2n) is 5.96. The first-order valence-corrected chi connectivity index (χ1v) is 8.14. The van der Waals surface area contributed by atoms with Crippen LogP contribution in [-0.4, -0.2) is 49.4 Å². The van der Waals surface area contributed by atoms with Crippen LogP contribution >= 0.6 is 0 Å². The van der Waals surface area contributed by atoms with Crippen molar-refractivity contribution < 1.29 is 9.59 Å². The molecule has 0 bridgehead atoms. The molecule has 0 aliphatic carbocycles. The van der Waals surface area contributed by atoms with E-state index in [0.717, 1.165) is 45.3 Å². The normalized spacial score (nSPS) is 22.6. The van der Waals surface area contributed by atoms with E-state index in [2.05, 4.69) is 16.7 Å². The highest BCUT2D eigenvalue weighted by atomic mass is 16.2. The van der Waals surface area contributed by atoms with Crippen LogP contribution < -0.4 is 10.6 Å². The minimum atomic E-state index is -0.0399. The summed E-state index contributed by atoms with van der Waals surface area (Å²) in [6.07, 6.45) is 6.44. The lowest BCUT2D eigenvalue weighted by Gasteiger charge is -2.32. The summed E-state index contributed by atoms with van der Waals surface area (Å²) >= 11 is 0. The van der Waals surface area contributed by atoms with Crippen LogP contribution in [0.15, 0.2) is 11.6 Å². The highest BCUT2D eigenvalue weighted by Crippen LogP contribution is 2.18. The van der Waals surface area contributed by atoms with Gasteiger partial charge in [0.05, 0.1) is 5.92 Å². The molecule has 0 saturated carbocycles. The zero-order chi connectivity index (χ0) is 15.1. The van der Waals surface area contributed by atoms with Gasteiger partial charge in [-0.15, -0.1) is 0 Å². The number of carbonyl (C=O) groups excluding carboxylic acids is 2. The summed E-state index contributed by atoms with van der Waals surface area (Å²) in [5.74, 6) is 0.251. The van der Waals surface area contributed by atoms with Gasteiger partial charge in [0, 0.05) is 32.6 Å². The lowest BCUT2D eigenvalue weighted by atomic mass is 9.96. The van der Waals surface area contributed by atoms with Gasteiger partial charge in [0.1, 0.15) is 0 Å². The Balaban J connectivity index is 1.78. The molecule has 2 rings (SSSR count). The van der Waals surface area contributed by atoms with Crippen LogP contribution in [0.25, 0.3) is 0 Å². The molecule has 0 spiro atoms. The predicted molar refractivity (Wildman–Crippen MR) is 82.8 cm³/mol. The van der Waals surface area contributed by atoms with Gasteiger partial charge in [-0.3, -0.25) is 9.59 Å². The first kappa shape index (κ1) is 16.0. The van der Waals surface area contributed by atoms with Crippen LogP contribution in [0.4, 0.5) is 0 Å². The molecule has 2 aliphatic heterocycles. The van der Waals surface area contributed by atoms with E-state index in [9.17, 15) is 9.59 Å². The topological polar surface area (TPSA) is 61.4 Å². The molecule has 5 nitrogen and oxygen atoms in total. The first-order valence-electron chi connectivity index (χ1n) is 8.14. The van der Waals surface area contributed by atoms with Gasteiger partial charge in [-0.2, -0.15) is 0 Å². The van der Waals surface area contributed by atoms with E-state index < -0.39 is 0 Å². The van der Waals surface area contributed by atoms with Crippen molar-refractivity contribution in [3.8, 4) is 0 Å². The zero-order valence-electron chi connectivity index (χ0n) is 13.0. The number of hydrogen-bond acceptors (Lipinski definition) is 3. The second kappa shape index (κ2) is 8.17. The fourth-order valence-corrected chi connectivity index (χ4v) is 2.96. The van der Waals surface area contributed by atoms with Crippen LogP contribution in [-0.2, 0) is 9.59 Å². The van der Waals surface area contributed by atoms with E-state index in [1.807, 2.05) is 11.8 Å². The summed E-state index contributed by atoms with van der Waals surface area (Å²) in [5, 5.41) is 6.30. The third kappa shape index (κ3) is 4.84. The molecule has 1 fully saturated rings. The number of amides is 2. The third-order valence-electron chi connectivity index (χ3n) is 4.26. The van der Waals surface area contributed by atoms with E-state index in [0.29, 0.717) is 19.5 Å². The molecule has 2 heterocycles. The van der Waals surface area contributed by atoms with E-state index in [-0.39, 0.29) is 17.7 Å². The van der Waals surface area contributed by atoms with Crippen molar-refractivity contribution in [2.45, 2.75) is 39.0 Å². The average molecular weight is 293 g/mol. The maximum atomic E-state index is 12.3. The summed E-state index contributed by atoms with van der Waals surface area (Å²) in [5.41, 5.74) is 1.30. The van der Waals surface area contributed by atoms with Gasteiger partial charge in [0.2, 0.25) is 11.8 Å². The Labute approximate surface area is 127 Å². The summed E-state index contributed by atoms with van der Waals surface area (Å²) in [4.78, 5) is 26.1. The van der Waals surface area contributed by atoms with Gasteiger partial charge in [-0.05, 0) is 32.2 Å². The Kier molecular flexibility index (Phi) is 6.23. The van der Waals surface area contributed by atoms with E-state index >= 15 is 0 Å². The van der Waals surface area contributed by atoms with E-state index in [4.69, 9.17) is 0 Å². The predicted octanol–water partition coefficient (Wildman–Crippen LogP) is 1.06. The molecule has 21 heavy (non-hydrogen) atoms. The van der Waals surface area contributed by atoms with Crippen molar-refractivity contribution in [2.75, 3.05) is 32.7 Å². The number of nitrogens with one attached hydrogen (secondary N) is 2. The molecule has 2 aliphatic rings. The maximum absolute atomic E-state index is 12.3. The molecule has 0 aromatic carbocycles. The van der Waals surface area contributed by atoms with Crippen molar-refractivity contribution in [3.05, 3.63) is 11.6 Å². The fourth-order valence-electron chi connectivity index (χ4n) is 2.96. The highest BCUT2D eigenvalue weighted by molar-refractivity contribution is 5.81. The summed E-state index contributed by atoms with van der Waals surface area (Å²) in [6, 6.07) is 0. The number of nitrogens with zero attached hydrogens (tertiary/aromatic N) is 1. The molecule has 0 aromatic heterocycles. The quantitative estimate of drug-likeness (QED) is 0.745. The van der Waals surface area contributed by atoms with Crippen LogP contribution in [0.1, 0.15) is 39.0 Å². The highest BCUT2D eigenvalue weighted by Gasteiger charge is 2.27. The van der Waals surface area contributed by atoms with Crippen molar-refractivity contribution >= 4 is 11.8 Å². The van der Waals surface area contributed by atoms with Crippen LogP contribution in [0.3, 0.4) is 0 Å². The smallest absolute Gasteiger partial charge is 0.225 e. The molecular formula is C16H27N3O2. The number of carbonyl (C=O) groups is 2. The van der Waals surface area contributed by atoms with Crippen molar-refractivity contribution in [1.29, 1.82) is 0 Å². The molecule has 1 saturated heterocycles. The van der Waals surface area contributed by atoms with Gasteiger partial charge in [0.15, 0.2) is 0 Å². The lowest BCUT2D eigenvalue weighted by Crippen LogP contribution is -2.45. The average Bonchev–Trinajstić information content (AvgIpc) is 2.54. The molecular weight excluding hydrogens is 266 g/mol. The van der Waals surface area contributed by atoms with Gasteiger partial charge in [0.25, 0.3) is 0 Å². The van der Waals surface area contributed by atoms with Gasteiger partial charge in [-0.25, -0.2) is 0 Å². The number of hydrogen-bond donors (Lipinski definition) is 2. The van der Waals surface area contributed by atoms with Crippen molar-refractivity contribution in [1.82, 2.24) is 15.5 Å². The van der Waals surface area contributed by atoms with E-state index in [1.54, 1.807) is 0 Å². The number of piperidine rings is 1. The monoisotopic (exact) mass is 293 g/mol. The Bertz CT molecular complexity index is 406. The molecule has 0 aromatic rings. The SMILES string of the molecule is CCCC(=O)N1CCCC(C(=O)NCC2=CCNCC2)C1. The Hall–Kier alpha value is -1.36. The maximum Gasteiger partial charge on any atom is 0.225 e. The van der Waals surface area contributed by atoms with Crippen LogP contribution in [0.2, 0.25) is 0 Å². The Morgan fingerprint density at radius 1 is 1.48 bits per heavy atom. The number of rotatable bonds is 5. The summed E-state index contributed by atoms with van der Waals surface area (Å²) in [7, 11) is 0. The minimum Gasteiger partial charge on any atom is -0.352 e. The molecule has 118 valence electrons. The number of likely N-dealkylation sites (tertiary alicyclic amines) is 1. The lowest BCUT2D eigenvalue weighted by molar-refractivity contribution is -0.135. The Morgan fingerprint density at radius 3 is 3.05 bits per heavy atom. The third-order valence-corrected chi connectivity index (χ3v) is 4.26. The Morgan fingerprint density at radius 2 is 2.33 bits per heavy atom. The summed E-state index contributed by atoms with van der Waals surface area (Å²) < 4.78 is 0. The van der Waals surface area contributed by atoms with Crippen molar-refractivity contribution in [2.24, 2.45) is 5.92 Å². The zero-order valence-corrected chi connectivity index (χ0v) is 13.0. The van der Waals surface area contributed by atoms with Gasteiger partial charge >= 0.3 is 0 Å². The first-order chi connectivity index (χ1) is 10.2. The summed E-state index contributed by atoms with van der Waals surface area (Å²) in [6.45, 7) is 5.95. The van der Waals surface area contributed by atoms with Gasteiger partial charge < -0.3 is 15.5 Å². The molecule has 0 radical (unpaired) electrons. The van der Waals surface area contributed by atoms with E-state index in [1.165, 1.54) is 5.57 Å². The largest absolute Gasteiger partial charge is 0.352 e. The van der Waals surface area contributed by atoms with Crippen molar-refractivity contribution in [3.63, 3.8) is 0 Å². The molecule has 1 unspecified atom stereocenters. The van der Waals surface area contributed by atoms with Gasteiger partial charge in [-0.1, -0.05) is 18.6 Å². The molecule has 1 atom stereocenters. The van der Waals surface area contributed by atoms with Crippen LogP contribution in [0, 0.1) is 5.92 Å². The minimum absolute atomic E-state index is 0.0399. The molecule has 2 N–H and O–H groups in total. The molecule has 5 heteroatoms. The second-order valence-corrected chi connectivity index (χ2v) is 5.96.